The number of fused-ring (bicyclic) bond motifs is 1. The van der Waals surface area contributed by atoms with Gasteiger partial charge in [-0.05, 0) is 31.7 Å². The zero-order valence-corrected chi connectivity index (χ0v) is 13.5. The van der Waals surface area contributed by atoms with Crippen molar-refractivity contribution in [1.29, 1.82) is 0 Å². The Hall–Kier alpha value is -2.37. The molecule has 0 unspecified atom stereocenters. The van der Waals surface area contributed by atoms with Crippen LogP contribution >= 0.6 is 0 Å². The lowest BCUT2D eigenvalue weighted by atomic mass is 10.0. The van der Waals surface area contributed by atoms with Gasteiger partial charge in [0.15, 0.2) is 11.9 Å². The van der Waals surface area contributed by atoms with Crippen molar-refractivity contribution in [2.24, 2.45) is 0 Å². The molecule has 0 saturated carbocycles. The van der Waals surface area contributed by atoms with Crippen molar-refractivity contribution in [1.82, 2.24) is 0 Å². The first-order chi connectivity index (χ1) is 11.0. The monoisotopic (exact) mass is 318 g/mol. The van der Waals surface area contributed by atoms with Crippen molar-refractivity contribution in [3.63, 3.8) is 0 Å². The topological polar surface area (TPSA) is 90.3 Å². The molecule has 124 valence electrons. The smallest absolute Gasteiger partial charge is 0.283 e. The first kappa shape index (κ1) is 17.0. The summed E-state index contributed by atoms with van der Waals surface area (Å²) in [4.78, 5) is 10.9. The van der Waals surface area contributed by atoms with E-state index in [4.69, 9.17) is 0 Å². The molecular weight excluding hydrogens is 296 g/mol. The Balaban J connectivity index is 2.67. The van der Waals surface area contributed by atoms with E-state index >= 15 is 0 Å². The van der Waals surface area contributed by atoms with Crippen LogP contribution in [0.15, 0.2) is 18.3 Å². The number of aryl methyl sites for hydroxylation is 2. The van der Waals surface area contributed by atoms with Gasteiger partial charge < -0.3 is 10.3 Å². The maximum Gasteiger partial charge on any atom is 0.283 e. The van der Waals surface area contributed by atoms with Gasteiger partial charge in [-0.25, -0.2) is 0 Å². The van der Waals surface area contributed by atoms with Crippen LogP contribution in [-0.2, 0) is 12.8 Å². The zero-order valence-electron chi connectivity index (χ0n) is 13.5. The Morgan fingerprint density at radius 1 is 1.17 bits per heavy atom. The lowest BCUT2D eigenvalue weighted by Gasteiger charge is -2.10. The minimum atomic E-state index is -0.485. The van der Waals surface area contributed by atoms with E-state index in [1.54, 1.807) is 6.07 Å². The molecule has 0 radical (unpaired) electrons. The average molecular weight is 318 g/mol. The molecule has 2 aromatic rings. The van der Waals surface area contributed by atoms with Gasteiger partial charge in [-0.2, -0.15) is 4.73 Å². The van der Waals surface area contributed by atoms with Crippen molar-refractivity contribution in [2.45, 2.75) is 52.4 Å². The molecule has 0 bridgehead atoms. The summed E-state index contributed by atoms with van der Waals surface area (Å²) in [5.74, 6) is -0.143. The Bertz CT molecular complexity index is 728. The van der Waals surface area contributed by atoms with Gasteiger partial charge in [-0.3, -0.25) is 10.1 Å². The molecular formula is C17H22N2O4. The van der Waals surface area contributed by atoms with Crippen LogP contribution < -0.4 is 4.73 Å². The molecule has 2 rings (SSSR count). The molecule has 6 nitrogen and oxygen atoms in total. The first-order valence-electron chi connectivity index (χ1n) is 8.04. The van der Waals surface area contributed by atoms with E-state index in [2.05, 4.69) is 0 Å². The van der Waals surface area contributed by atoms with E-state index in [0.29, 0.717) is 23.1 Å². The van der Waals surface area contributed by atoms with Crippen molar-refractivity contribution >= 4 is 16.6 Å². The van der Waals surface area contributed by atoms with E-state index in [0.717, 1.165) is 31.2 Å². The van der Waals surface area contributed by atoms with Crippen molar-refractivity contribution < 1.29 is 14.8 Å². The van der Waals surface area contributed by atoms with Crippen LogP contribution in [0.25, 0.3) is 10.9 Å². The summed E-state index contributed by atoms with van der Waals surface area (Å²) >= 11 is 0. The van der Waals surface area contributed by atoms with Crippen LogP contribution in [0, 0.1) is 15.3 Å². The van der Waals surface area contributed by atoms with Gasteiger partial charge >= 0.3 is 0 Å². The average Bonchev–Trinajstić information content (AvgIpc) is 2.51. The van der Waals surface area contributed by atoms with Gasteiger partial charge in [0.05, 0.1) is 4.92 Å². The minimum absolute atomic E-state index is 0.00875. The third-order valence-corrected chi connectivity index (χ3v) is 4.02. The molecule has 0 aliphatic rings. The highest BCUT2D eigenvalue weighted by Crippen LogP contribution is 2.35. The highest BCUT2D eigenvalue weighted by molar-refractivity contribution is 5.91. The molecule has 6 heteroatoms. The van der Waals surface area contributed by atoms with Crippen LogP contribution in [0.3, 0.4) is 0 Å². The number of hydrogen-bond donors (Lipinski definition) is 1. The van der Waals surface area contributed by atoms with Crippen LogP contribution in [-0.4, -0.2) is 10.0 Å². The number of rotatable bonds is 7. The Labute approximate surface area is 135 Å². The first-order valence-corrected chi connectivity index (χ1v) is 8.04. The molecule has 0 amide bonds. The molecule has 0 fully saturated rings. The minimum Gasteiger partial charge on any atom is -0.618 e. The second-order valence-electron chi connectivity index (χ2n) is 5.80. The SMILES string of the molecule is CCCCc1cc2c([N+](=O)[O-])cc(CCCC)c(O)c2[n+]([O-])c1. The number of phenolic OH excluding ortho intramolecular Hbond substituents is 1. The number of nitro groups is 1. The quantitative estimate of drug-likeness (QED) is 0.364. The maximum absolute atomic E-state index is 12.3. The number of hydrogen-bond acceptors (Lipinski definition) is 4. The molecule has 1 heterocycles. The fourth-order valence-electron chi connectivity index (χ4n) is 2.74. The molecule has 0 atom stereocenters. The number of benzene rings is 1. The fraction of sp³-hybridized carbons (Fsp3) is 0.471. The third kappa shape index (κ3) is 3.52. The molecule has 0 spiro atoms. The summed E-state index contributed by atoms with van der Waals surface area (Å²) in [7, 11) is 0. The summed E-state index contributed by atoms with van der Waals surface area (Å²) in [6.45, 7) is 4.04. The standard InChI is InChI=1S/C17H22N2O4/c1-3-5-7-12-9-14-15(19(22)23)10-13(8-6-4-2)17(20)16(14)18(21)11-12/h9-11,20H,3-8H2,1-2H3. The molecule has 0 aliphatic heterocycles. The number of pyridine rings is 1. The number of nitrogens with zero attached hydrogens (tertiary/aromatic N) is 2. The summed E-state index contributed by atoms with van der Waals surface area (Å²) in [6, 6.07) is 3.05. The van der Waals surface area contributed by atoms with Gasteiger partial charge in [0.2, 0.25) is 0 Å². The number of non-ortho nitro benzene ring substituents is 1. The number of unbranched alkanes of at least 4 members (excludes halogenated alkanes) is 2. The van der Waals surface area contributed by atoms with Crippen LogP contribution in [0.4, 0.5) is 5.69 Å². The van der Waals surface area contributed by atoms with Gasteiger partial charge in [0.1, 0.15) is 5.39 Å². The van der Waals surface area contributed by atoms with E-state index in [1.165, 1.54) is 12.3 Å². The van der Waals surface area contributed by atoms with E-state index in [-0.39, 0.29) is 22.3 Å². The van der Waals surface area contributed by atoms with Gasteiger partial charge in [0.25, 0.3) is 11.2 Å². The van der Waals surface area contributed by atoms with Crippen molar-refractivity contribution in [2.75, 3.05) is 0 Å². The second kappa shape index (κ2) is 7.26. The molecule has 0 saturated heterocycles. The second-order valence-corrected chi connectivity index (χ2v) is 5.80. The van der Waals surface area contributed by atoms with Crippen LogP contribution in [0.1, 0.15) is 50.7 Å². The Morgan fingerprint density at radius 2 is 1.83 bits per heavy atom. The van der Waals surface area contributed by atoms with Crippen LogP contribution in [0.2, 0.25) is 0 Å². The summed E-state index contributed by atoms with van der Waals surface area (Å²) in [5.41, 5.74) is 1.08. The van der Waals surface area contributed by atoms with E-state index < -0.39 is 4.92 Å². The number of aromatic nitrogens is 1. The fourth-order valence-corrected chi connectivity index (χ4v) is 2.74. The van der Waals surface area contributed by atoms with E-state index in [9.17, 15) is 20.4 Å². The predicted molar refractivity (Wildman–Crippen MR) is 88.5 cm³/mol. The highest BCUT2D eigenvalue weighted by Gasteiger charge is 2.25. The Morgan fingerprint density at radius 3 is 2.43 bits per heavy atom. The van der Waals surface area contributed by atoms with Gasteiger partial charge in [-0.15, -0.1) is 0 Å². The van der Waals surface area contributed by atoms with Crippen LogP contribution in [0.5, 0.6) is 5.75 Å². The number of phenols is 1. The van der Waals surface area contributed by atoms with Gasteiger partial charge in [0, 0.05) is 17.2 Å². The highest BCUT2D eigenvalue weighted by atomic mass is 16.6. The molecule has 0 aliphatic carbocycles. The lowest BCUT2D eigenvalue weighted by Crippen LogP contribution is -2.28. The molecule has 1 aromatic carbocycles. The molecule has 1 N–H and O–H groups in total. The predicted octanol–water partition coefficient (Wildman–Crippen LogP) is 3.77. The molecule has 1 aromatic heterocycles. The van der Waals surface area contributed by atoms with E-state index in [1.807, 2.05) is 13.8 Å². The molecule has 23 heavy (non-hydrogen) atoms. The summed E-state index contributed by atoms with van der Waals surface area (Å²) < 4.78 is 0.568. The summed E-state index contributed by atoms with van der Waals surface area (Å²) in [5, 5.41) is 34.3. The summed E-state index contributed by atoms with van der Waals surface area (Å²) in [6.07, 6.45) is 6.17. The number of nitro benzene ring substituents is 1. The normalized spacial score (nSPS) is 11.0. The Kier molecular flexibility index (Phi) is 5.36. The number of aromatic hydroxyl groups is 1. The largest absolute Gasteiger partial charge is 0.618 e. The third-order valence-electron chi connectivity index (χ3n) is 4.02. The van der Waals surface area contributed by atoms with Crippen molar-refractivity contribution in [3.8, 4) is 5.75 Å². The zero-order chi connectivity index (χ0) is 17.0. The lowest BCUT2D eigenvalue weighted by molar-refractivity contribution is -0.577. The maximum atomic E-state index is 12.3. The van der Waals surface area contributed by atoms with Crippen molar-refractivity contribution in [3.05, 3.63) is 44.8 Å². The van der Waals surface area contributed by atoms with Gasteiger partial charge in [-0.1, -0.05) is 26.7 Å².